The van der Waals surface area contributed by atoms with Crippen LogP contribution in [0, 0.1) is 17.3 Å². The minimum absolute atomic E-state index is 0.0285. The molecule has 2 heterocycles. The largest absolute Gasteiger partial charge is 0.490 e. The topological polar surface area (TPSA) is 134 Å². The Morgan fingerprint density at radius 2 is 1.68 bits per heavy atom. The first kappa shape index (κ1) is 27.5. The van der Waals surface area contributed by atoms with E-state index in [1.807, 2.05) is 59.2 Å². The highest BCUT2D eigenvalue weighted by molar-refractivity contribution is 5.99. The second-order valence-electron chi connectivity index (χ2n) is 7.81. The number of amides is 1. The van der Waals surface area contributed by atoms with Gasteiger partial charge in [-0.05, 0) is 42.0 Å². The molecule has 0 spiro atoms. The number of aromatic nitrogens is 2. The van der Waals surface area contributed by atoms with Gasteiger partial charge in [-0.25, -0.2) is 4.79 Å². The molecule has 0 bridgehead atoms. The number of para-hydroxylation sites is 1. The van der Waals surface area contributed by atoms with Crippen molar-refractivity contribution in [3.8, 4) is 11.8 Å². The molecule has 2 aromatic carbocycles. The van der Waals surface area contributed by atoms with E-state index in [9.17, 15) is 18.0 Å². The maximum absolute atomic E-state index is 12.9. The lowest BCUT2D eigenvalue weighted by molar-refractivity contribution is -0.192. The predicted octanol–water partition coefficient (Wildman–Crippen LogP) is 3.94. The number of carbonyl (C=O) groups excluding carboxylic acids is 1. The molecule has 4 aromatic rings. The van der Waals surface area contributed by atoms with Gasteiger partial charge in [-0.3, -0.25) is 15.2 Å². The van der Waals surface area contributed by atoms with E-state index < -0.39 is 12.1 Å². The van der Waals surface area contributed by atoms with E-state index in [-0.39, 0.29) is 11.7 Å². The van der Waals surface area contributed by atoms with Crippen LogP contribution in [0.3, 0.4) is 0 Å². The maximum atomic E-state index is 12.9. The summed E-state index contributed by atoms with van der Waals surface area (Å²) in [6.45, 7) is 0.803. The summed E-state index contributed by atoms with van der Waals surface area (Å²) in [5.41, 5.74) is 9.49. The summed E-state index contributed by atoms with van der Waals surface area (Å²) in [5, 5.41) is 18.6. The summed E-state index contributed by atoms with van der Waals surface area (Å²) in [6, 6.07) is 20.7. The average Bonchev–Trinajstić information content (AvgIpc) is 3.27. The summed E-state index contributed by atoms with van der Waals surface area (Å²) in [4.78, 5) is 25.8. The molecule has 194 valence electrons. The molecular formula is C27H22F3N5O3. The van der Waals surface area contributed by atoms with Crippen molar-refractivity contribution in [2.24, 2.45) is 5.73 Å². The minimum Gasteiger partial charge on any atom is -0.475 e. The van der Waals surface area contributed by atoms with Crippen LogP contribution >= 0.6 is 0 Å². The zero-order chi connectivity index (χ0) is 27.7. The number of carbonyl (C=O) groups is 2. The Balaban J connectivity index is 0.000000505. The monoisotopic (exact) mass is 521 g/mol. The van der Waals surface area contributed by atoms with Crippen LogP contribution in [0.4, 0.5) is 13.2 Å². The summed E-state index contributed by atoms with van der Waals surface area (Å²) < 4.78 is 33.7. The van der Waals surface area contributed by atoms with Crippen molar-refractivity contribution >= 4 is 28.6 Å². The van der Waals surface area contributed by atoms with Crippen LogP contribution in [0.25, 0.3) is 10.9 Å². The van der Waals surface area contributed by atoms with Crippen LogP contribution in [-0.4, -0.2) is 38.5 Å². The molecule has 38 heavy (non-hydrogen) atoms. The summed E-state index contributed by atoms with van der Waals surface area (Å²) in [7, 11) is 0. The molecule has 0 saturated carbocycles. The number of rotatable bonds is 5. The number of nitrogens with two attached hydrogens (primary N) is 1. The van der Waals surface area contributed by atoms with Gasteiger partial charge >= 0.3 is 12.1 Å². The summed E-state index contributed by atoms with van der Waals surface area (Å²) in [6.07, 6.45) is -1.67. The number of pyridine rings is 1. The molecule has 5 N–H and O–H groups in total. The molecule has 2 aromatic heterocycles. The molecule has 1 amide bonds. The number of amidine groups is 1. The molecule has 4 rings (SSSR count). The van der Waals surface area contributed by atoms with Crippen molar-refractivity contribution in [3.63, 3.8) is 0 Å². The molecule has 0 aliphatic carbocycles. The summed E-state index contributed by atoms with van der Waals surface area (Å²) in [5.74, 6) is 3.39. The van der Waals surface area contributed by atoms with Gasteiger partial charge in [0.1, 0.15) is 11.5 Å². The fraction of sp³-hybridized carbons (Fsp3) is 0.111. The molecule has 0 aliphatic rings. The van der Waals surface area contributed by atoms with Crippen LogP contribution in [-0.2, 0) is 17.9 Å². The van der Waals surface area contributed by atoms with Crippen molar-refractivity contribution < 1.29 is 27.9 Å². The number of alkyl halides is 3. The number of carboxylic acids is 1. The quantitative estimate of drug-likeness (QED) is 0.179. The van der Waals surface area contributed by atoms with Crippen LogP contribution in [0.5, 0.6) is 0 Å². The summed E-state index contributed by atoms with van der Waals surface area (Å²) >= 11 is 0. The Labute approximate surface area is 215 Å². The standard InChI is InChI=1S/C25H21N5O.C2HF3O2/c26-24(27)20-9-7-18(8-10-20)4-3-15-30-22-6-2-1-5-21(22)16-23(30)25(31)29-17-19-11-13-28-14-12-19;3-2(4,5)1(6)7/h1-2,5-14,16H,15,17H2,(H3,26,27)(H,29,31);(H,6,7). The van der Waals surface area contributed by atoms with Crippen LogP contribution in [0.1, 0.15) is 27.2 Å². The fourth-order valence-electron chi connectivity index (χ4n) is 3.30. The third-order valence-corrected chi connectivity index (χ3v) is 5.15. The zero-order valence-corrected chi connectivity index (χ0v) is 19.8. The van der Waals surface area contributed by atoms with Crippen molar-refractivity contribution in [1.82, 2.24) is 14.9 Å². The molecule has 0 radical (unpaired) electrons. The second-order valence-corrected chi connectivity index (χ2v) is 7.81. The van der Waals surface area contributed by atoms with Gasteiger partial charge in [0, 0.05) is 41.0 Å². The zero-order valence-electron chi connectivity index (χ0n) is 19.8. The number of benzene rings is 2. The third kappa shape index (κ3) is 7.44. The van der Waals surface area contributed by atoms with E-state index in [1.165, 1.54) is 0 Å². The first-order valence-electron chi connectivity index (χ1n) is 11.0. The fourth-order valence-corrected chi connectivity index (χ4v) is 3.30. The Morgan fingerprint density at radius 1 is 1.05 bits per heavy atom. The lowest BCUT2D eigenvalue weighted by Gasteiger charge is -2.08. The third-order valence-electron chi connectivity index (χ3n) is 5.15. The molecule has 0 aliphatic heterocycles. The molecule has 0 atom stereocenters. The molecular weight excluding hydrogens is 499 g/mol. The van der Waals surface area contributed by atoms with Gasteiger partial charge in [-0.15, -0.1) is 0 Å². The van der Waals surface area contributed by atoms with Crippen molar-refractivity contribution in [1.29, 1.82) is 5.41 Å². The lowest BCUT2D eigenvalue weighted by Crippen LogP contribution is -2.25. The Morgan fingerprint density at radius 3 is 2.29 bits per heavy atom. The van der Waals surface area contributed by atoms with Crippen LogP contribution in [0.2, 0.25) is 0 Å². The van der Waals surface area contributed by atoms with Gasteiger partial charge in [-0.1, -0.05) is 42.2 Å². The number of halogens is 3. The SMILES string of the molecule is N=C(N)c1ccc(C#CCn2c(C(=O)NCc3ccncc3)cc3ccccc32)cc1.O=C(O)C(F)(F)F. The molecule has 8 nitrogen and oxygen atoms in total. The van der Waals surface area contributed by atoms with Crippen molar-refractivity contribution in [2.45, 2.75) is 19.3 Å². The first-order valence-corrected chi connectivity index (χ1v) is 11.0. The van der Waals surface area contributed by atoms with E-state index >= 15 is 0 Å². The highest BCUT2D eigenvalue weighted by Gasteiger charge is 2.38. The molecule has 0 unspecified atom stereocenters. The van der Waals surface area contributed by atoms with Crippen LogP contribution < -0.4 is 11.1 Å². The number of hydrogen-bond donors (Lipinski definition) is 4. The molecule has 11 heteroatoms. The number of carboxylic acid groups (broad SMARTS) is 1. The Hall–Kier alpha value is -5.11. The second kappa shape index (κ2) is 12.2. The minimum atomic E-state index is -5.08. The first-order chi connectivity index (χ1) is 18.1. The van der Waals surface area contributed by atoms with E-state index in [4.69, 9.17) is 21.0 Å². The molecule has 0 fully saturated rings. The normalized spacial score (nSPS) is 10.5. The maximum Gasteiger partial charge on any atom is 0.490 e. The van der Waals surface area contributed by atoms with Gasteiger partial charge in [0.2, 0.25) is 0 Å². The van der Waals surface area contributed by atoms with Crippen molar-refractivity contribution in [2.75, 3.05) is 0 Å². The van der Waals surface area contributed by atoms with E-state index in [0.717, 1.165) is 22.0 Å². The van der Waals surface area contributed by atoms with Gasteiger partial charge in [0.15, 0.2) is 0 Å². The van der Waals surface area contributed by atoms with E-state index in [1.54, 1.807) is 24.5 Å². The number of nitrogens with zero attached hydrogens (tertiary/aromatic N) is 2. The highest BCUT2D eigenvalue weighted by Crippen LogP contribution is 2.20. The van der Waals surface area contributed by atoms with Crippen LogP contribution in [0.15, 0.2) is 79.1 Å². The number of aliphatic carboxylic acids is 1. The van der Waals surface area contributed by atoms with E-state index in [0.29, 0.717) is 24.3 Å². The van der Waals surface area contributed by atoms with Gasteiger partial charge < -0.3 is 20.7 Å². The highest BCUT2D eigenvalue weighted by atomic mass is 19.4. The number of fused-ring (bicyclic) bond motifs is 1. The Bertz CT molecular complexity index is 1500. The number of nitrogen functional groups attached to an aromatic ring is 1. The van der Waals surface area contributed by atoms with Gasteiger partial charge in [0.05, 0.1) is 6.54 Å². The van der Waals surface area contributed by atoms with Crippen molar-refractivity contribution in [3.05, 3.63) is 102 Å². The predicted molar refractivity (Wildman–Crippen MR) is 135 cm³/mol. The Kier molecular flexibility index (Phi) is 8.84. The van der Waals surface area contributed by atoms with E-state index in [2.05, 4.69) is 22.1 Å². The molecule has 0 saturated heterocycles. The number of nitrogens with one attached hydrogen (secondary N) is 2. The van der Waals surface area contributed by atoms with Gasteiger partial charge in [-0.2, -0.15) is 13.2 Å². The lowest BCUT2D eigenvalue weighted by atomic mass is 10.1. The van der Waals surface area contributed by atoms with Gasteiger partial charge in [0.25, 0.3) is 5.91 Å². The number of hydrogen-bond acceptors (Lipinski definition) is 4. The average molecular weight is 521 g/mol. The smallest absolute Gasteiger partial charge is 0.475 e.